The van der Waals surface area contributed by atoms with Crippen LogP contribution in [0.15, 0.2) is 51.4 Å². The molecular weight excluding hydrogens is 376 g/mol. The number of hydrogen-bond donors (Lipinski definition) is 1. The number of halogens is 2. The molecule has 0 aliphatic rings. The SMILES string of the molecule is O=[N+]([O-])c1ccc(Br)cc1NCc1cccc(Br)c1. The van der Waals surface area contributed by atoms with E-state index in [9.17, 15) is 10.1 Å². The van der Waals surface area contributed by atoms with E-state index < -0.39 is 4.92 Å². The van der Waals surface area contributed by atoms with Gasteiger partial charge in [0.1, 0.15) is 5.69 Å². The maximum Gasteiger partial charge on any atom is 0.292 e. The highest BCUT2D eigenvalue weighted by Gasteiger charge is 2.13. The van der Waals surface area contributed by atoms with Crippen LogP contribution in [0.1, 0.15) is 5.56 Å². The number of benzene rings is 2. The van der Waals surface area contributed by atoms with Crippen LogP contribution in [0.5, 0.6) is 0 Å². The molecule has 0 radical (unpaired) electrons. The third kappa shape index (κ3) is 3.78. The van der Waals surface area contributed by atoms with Crippen LogP contribution >= 0.6 is 31.9 Å². The molecule has 0 spiro atoms. The molecule has 0 atom stereocenters. The van der Waals surface area contributed by atoms with Gasteiger partial charge in [-0.05, 0) is 29.8 Å². The Labute approximate surface area is 127 Å². The van der Waals surface area contributed by atoms with Crippen LogP contribution in [0.4, 0.5) is 11.4 Å². The van der Waals surface area contributed by atoms with Crippen molar-refractivity contribution < 1.29 is 4.92 Å². The first-order valence-corrected chi connectivity index (χ1v) is 7.07. The highest BCUT2D eigenvalue weighted by Crippen LogP contribution is 2.28. The van der Waals surface area contributed by atoms with Gasteiger partial charge < -0.3 is 5.32 Å². The second-order valence-electron chi connectivity index (χ2n) is 3.90. The van der Waals surface area contributed by atoms with Crippen LogP contribution in [0.3, 0.4) is 0 Å². The Hall–Kier alpha value is -1.40. The molecule has 0 bridgehead atoms. The Balaban J connectivity index is 2.19. The van der Waals surface area contributed by atoms with Gasteiger partial charge >= 0.3 is 0 Å². The van der Waals surface area contributed by atoms with Crippen LogP contribution in [0.2, 0.25) is 0 Å². The van der Waals surface area contributed by atoms with Gasteiger partial charge in [-0.1, -0.05) is 44.0 Å². The fourth-order valence-electron chi connectivity index (χ4n) is 1.65. The number of rotatable bonds is 4. The summed E-state index contributed by atoms with van der Waals surface area (Å²) in [5.74, 6) is 0. The summed E-state index contributed by atoms with van der Waals surface area (Å²) < 4.78 is 1.78. The van der Waals surface area contributed by atoms with Crippen LogP contribution in [-0.4, -0.2) is 4.92 Å². The zero-order valence-electron chi connectivity index (χ0n) is 9.77. The molecule has 6 heteroatoms. The minimum atomic E-state index is -0.393. The topological polar surface area (TPSA) is 55.2 Å². The molecule has 0 aromatic heterocycles. The molecule has 2 rings (SSSR count). The minimum absolute atomic E-state index is 0.0678. The second kappa shape index (κ2) is 6.16. The number of hydrogen-bond acceptors (Lipinski definition) is 3. The Morgan fingerprint density at radius 1 is 1.11 bits per heavy atom. The lowest BCUT2D eigenvalue weighted by Crippen LogP contribution is -2.02. The van der Waals surface area contributed by atoms with Crippen molar-refractivity contribution in [3.8, 4) is 0 Å². The highest BCUT2D eigenvalue weighted by atomic mass is 79.9. The lowest BCUT2D eigenvalue weighted by Gasteiger charge is -2.08. The van der Waals surface area contributed by atoms with E-state index in [0.29, 0.717) is 12.2 Å². The first-order valence-electron chi connectivity index (χ1n) is 5.48. The third-order valence-corrected chi connectivity index (χ3v) is 3.51. The molecule has 0 aliphatic carbocycles. The molecule has 0 heterocycles. The van der Waals surface area contributed by atoms with Crippen molar-refractivity contribution in [3.05, 3.63) is 67.1 Å². The lowest BCUT2D eigenvalue weighted by molar-refractivity contribution is -0.384. The van der Waals surface area contributed by atoms with Gasteiger partial charge in [-0.2, -0.15) is 0 Å². The molecule has 98 valence electrons. The summed E-state index contributed by atoms with van der Waals surface area (Å²) in [4.78, 5) is 10.5. The molecular formula is C13H10Br2N2O2. The van der Waals surface area contributed by atoms with E-state index in [1.165, 1.54) is 6.07 Å². The lowest BCUT2D eigenvalue weighted by atomic mass is 10.2. The van der Waals surface area contributed by atoms with E-state index in [4.69, 9.17) is 0 Å². The van der Waals surface area contributed by atoms with Crippen LogP contribution in [0, 0.1) is 10.1 Å². The van der Waals surface area contributed by atoms with E-state index >= 15 is 0 Å². The van der Waals surface area contributed by atoms with Crippen molar-refractivity contribution in [1.82, 2.24) is 0 Å². The van der Waals surface area contributed by atoms with Gasteiger partial charge in [-0.25, -0.2) is 0 Å². The maximum atomic E-state index is 10.9. The predicted octanol–water partition coefficient (Wildman–Crippen LogP) is 4.73. The molecule has 1 N–H and O–H groups in total. The Morgan fingerprint density at radius 2 is 1.84 bits per heavy atom. The van der Waals surface area contributed by atoms with Crippen LogP contribution in [0.25, 0.3) is 0 Å². The average molecular weight is 386 g/mol. The highest BCUT2D eigenvalue weighted by molar-refractivity contribution is 9.10. The normalized spacial score (nSPS) is 10.2. The van der Waals surface area contributed by atoms with Crippen LogP contribution in [-0.2, 0) is 6.54 Å². The molecule has 19 heavy (non-hydrogen) atoms. The third-order valence-electron chi connectivity index (χ3n) is 2.53. The Morgan fingerprint density at radius 3 is 2.53 bits per heavy atom. The summed E-state index contributed by atoms with van der Waals surface area (Å²) in [7, 11) is 0. The summed E-state index contributed by atoms with van der Waals surface area (Å²) in [5.41, 5.74) is 1.61. The largest absolute Gasteiger partial charge is 0.375 e. The second-order valence-corrected chi connectivity index (χ2v) is 5.73. The van der Waals surface area contributed by atoms with Crippen molar-refractivity contribution in [2.45, 2.75) is 6.54 Å². The molecule has 0 saturated heterocycles. The van der Waals surface area contributed by atoms with E-state index in [2.05, 4.69) is 37.2 Å². The number of nitrogens with zero attached hydrogens (tertiary/aromatic N) is 1. The van der Waals surface area contributed by atoms with Crippen LogP contribution < -0.4 is 5.32 Å². The average Bonchev–Trinajstić information content (AvgIpc) is 2.36. The van der Waals surface area contributed by atoms with E-state index in [0.717, 1.165) is 14.5 Å². The molecule has 4 nitrogen and oxygen atoms in total. The monoisotopic (exact) mass is 384 g/mol. The summed E-state index contributed by atoms with van der Waals surface area (Å²) in [6, 6.07) is 12.6. The summed E-state index contributed by atoms with van der Waals surface area (Å²) >= 11 is 6.71. The van der Waals surface area contributed by atoms with Crippen molar-refractivity contribution in [2.24, 2.45) is 0 Å². The number of anilines is 1. The molecule has 0 fully saturated rings. The molecule has 0 aliphatic heterocycles. The standard InChI is InChI=1S/C13H10Br2N2O2/c14-10-3-1-2-9(6-10)8-16-12-7-11(15)4-5-13(12)17(18)19/h1-7,16H,8H2. The predicted molar refractivity (Wildman–Crippen MR) is 82.3 cm³/mol. The summed E-state index contributed by atoms with van der Waals surface area (Å²) in [6.45, 7) is 0.525. The quantitative estimate of drug-likeness (QED) is 0.611. The Bertz CT molecular complexity index is 617. The van der Waals surface area contributed by atoms with Gasteiger partial charge in [-0.15, -0.1) is 0 Å². The van der Waals surface area contributed by atoms with E-state index in [1.54, 1.807) is 12.1 Å². The van der Waals surface area contributed by atoms with Gasteiger partial charge in [0.15, 0.2) is 0 Å². The van der Waals surface area contributed by atoms with Crippen molar-refractivity contribution in [2.75, 3.05) is 5.32 Å². The van der Waals surface area contributed by atoms with E-state index in [1.807, 2.05) is 24.3 Å². The van der Waals surface area contributed by atoms with Crippen molar-refractivity contribution in [3.63, 3.8) is 0 Å². The minimum Gasteiger partial charge on any atom is -0.375 e. The van der Waals surface area contributed by atoms with Crippen molar-refractivity contribution >= 4 is 43.2 Å². The zero-order chi connectivity index (χ0) is 13.8. The zero-order valence-corrected chi connectivity index (χ0v) is 12.9. The van der Waals surface area contributed by atoms with Gasteiger partial charge in [-0.3, -0.25) is 10.1 Å². The first-order chi connectivity index (χ1) is 9.06. The summed E-state index contributed by atoms with van der Waals surface area (Å²) in [6.07, 6.45) is 0. The fourth-order valence-corrected chi connectivity index (χ4v) is 2.46. The fraction of sp³-hybridized carbons (Fsp3) is 0.0769. The number of nitro benzene ring substituents is 1. The van der Waals surface area contributed by atoms with Gasteiger partial charge in [0.05, 0.1) is 4.92 Å². The Kier molecular flexibility index (Phi) is 4.55. The van der Waals surface area contributed by atoms with Gasteiger partial charge in [0, 0.05) is 21.6 Å². The van der Waals surface area contributed by atoms with Gasteiger partial charge in [0.2, 0.25) is 0 Å². The smallest absolute Gasteiger partial charge is 0.292 e. The molecule has 0 saturated carbocycles. The first kappa shape index (κ1) is 14.0. The number of nitrogens with one attached hydrogen (secondary N) is 1. The van der Waals surface area contributed by atoms with Crippen molar-refractivity contribution in [1.29, 1.82) is 0 Å². The molecule has 0 amide bonds. The number of nitro groups is 1. The van der Waals surface area contributed by atoms with E-state index in [-0.39, 0.29) is 5.69 Å². The maximum absolute atomic E-state index is 10.9. The summed E-state index contributed by atoms with van der Waals surface area (Å²) in [5, 5.41) is 14.0. The molecule has 0 unspecified atom stereocenters. The molecule has 2 aromatic rings. The van der Waals surface area contributed by atoms with Gasteiger partial charge in [0.25, 0.3) is 5.69 Å². The molecule has 2 aromatic carbocycles.